The zero-order valence-corrected chi connectivity index (χ0v) is 14.3. The number of aryl methyl sites for hydroxylation is 2. The van der Waals surface area contributed by atoms with Gasteiger partial charge in [-0.05, 0) is 18.6 Å². The Balaban J connectivity index is 1.75. The Morgan fingerprint density at radius 1 is 1.33 bits per heavy atom. The number of thioether (sulfide) groups is 1. The molecular weight excluding hydrogens is 324 g/mol. The summed E-state index contributed by atoms with van der Waals surface area (Å²) in [4.78, 5) is 12.7. The Morgan fingerprint density at radius 3 is 2.75 bits per heavy atom. The molecule has 3 rings (SSSR count). The molecule has 7 heteroatoms. The van der Waals surface area contributed by atoms with Gasteiger partial charge in [-0.1, -0.05) is 35.5 Å². The lowest BCUT2D eigenvalue weighted by Crippen LogP contribution is -2.19. The van der Waals surface area contributed by atoms with Gasteiger partial charge in [0.2, 0.25) is 5.91 Å². The predicted molar refractivity (Wildman–Crippen MR) is 93.6 cm³/mol. The van der Waals surface area contributed by atoms with Crippen molar-refractivity contribution in [1.29, 1.82) is 0 Å². The summed E-state index contributed by atoms with van der Waals surface area (Å²) >= 11 is 1.53. The molecule has 0 radical (unpaired) electrons. The van der Waals surface area contributed by atoms with E-state index in [-0.39, 0.29) is 11.2 Å². The van der Waals surface area contributed by atoms with Crippen LogP contribution in [0.5, 0.6) is 0 Å². The van der Waals surface area contributed by atoms with Gasteiger partial charge in [0.1, 0.15) is 11.0 Å². The molecule has 2 heterocycles. The lowest BCUT2D eigenvalue weighted by Gasteiger charge is -2.15. The highest BCUT2D eigenvalue weighted by molar-refractivity contribution is 7.99. The Morgan fingerprint density at radius 2 is 2.12 bits per heavy atom. The molecule has 124 valence electrons. The largest absolute Gasteiger partial charge is 0.360 e. The van der Waals surface area contributed by atoms with Crippen molar-refractivity contribution in [1.82, 2.24) is 14.9 Å². The van der Waals surface area contributed by atoms with E-state index >= 15 is 0 Å². The van der Waals surface area contributed by atoms with Crippen molar-refractivity contribution in [3.63, 3.8) is 0 Å². The maximum absolute atomic E-state index is 12.7. The predicted octanol–water partition coefficient (Wildman–Crippen LogP) is 3.33. The van der Waals surface area contributed by atoms with Crippen molar-refractivity contribution in [3.05, 3.63) is 65.7 Å². The molecule has 0 aliphatic carbocycles. The fourth-order valence-corrected chi connectivity index (χ4v) is 3.33. The van der Waals surface area contributed by atoms with E-state index in [0.29, 0.717) is 17.3 Å². The quantitative estimate of drug-likeness (QED) is 0.744. The zero-order chi connectivity index (χ0) is 16.9. The number of rotatable bonds is 6. The van der Waals surface area contributed by atoms with Gasteiger partial charge in [-0.25, -0.2) is 0 Å². The standard InChI is InChI=1S/C17H18N4O2S/c1-12-10-15(20-23-12)18-17(22)16(13-6-4-3-5-7-13)24-11-14-8-9-21(2)19-14/h3-10,16H,11H2,1-2H3,(H,18,20,22). The molecule has 1 N–H and O–H groups in total. The van der Waals surface area contributed by atoms with Crippen LogP contribution in [0.15, 0.2) is 53.2 Å². The minimum absolute atomic E-state index is 0.129. The Bertz CT molecular complexity index is 813. The molecule has 3 aromatic rings. The van der Waals surface area contributed by atoms with Crippen LogP contribution in [0.1, 0.15) is 22.3 Å². The van der Waals surface area contributed by atoms with E-state index in [0.717, 1.165) is 11.3 Å². The number of carbonyl (C=O) groups excluding carboxylic acids is 1. The number of hydrogen-bond acceptors (Lipinski definition) is 5. The number of nitrogens with zero attached hydrogens (tertiary/aromatic N) is 3. The second kappa shape index (κ2) is 7.35. The van der Waals surface area contributed by atoms with Crippen molar-refractivity contribution >= 4 is 23.5 Å². The highest BCUT2D eigenvalue weighted by Gasteiger charge is 2.22. The highest BCUT2D eigenvalue weighted by atomic mass is 32.2. The molecule has 1 amide bonds. The average Bonchev–Trinajstić information content (AvgIpc) is 3.17. The van der Waals surface area contributed by atoms with Gasteiger partial charge in [0.25, 0.3) is 0 Å². The van der Waals surface area contributed by atoms with Crippen LogP contribution >= 0.6 is 11.8 Å². The summed E-state index contributed by atoms with van der Waals surface area (Å²) in [6.07, 6.45) is 1.89. The van der Waals surface area contributed by atoms with Gasteiger partial charge in [-0.15, -0.1) is 11.8 Å². The van der Waals surface area contributed by atoms with Crippen LogP contribution in [-0.4, -0.2) is 20.8 Å². The molecule has 6 nitrogen and oxygen atoms in total. The van der Waals surface area contributed by atoms with Crippen LogP contribution < -0.4 is 5.32 Å². The second-order valence-corrected chi connectivity index (χ2v) is 6.49. The molecule has 1 unspecified atom stereocenters. The summed E-state index contributed by atoms with van der Waals surface area (Å²) in [5, 5.41) is 10.6. The Hall–Kier alpha value is -2.54. The van der Waals surface area contributed by atoms with Crippen LogP contribution in [-0.2, 0) is 17.6 Å². The normalized spacial score (nSPS) is 12.1. The first-order valence-corrected chi connectivity index (χ1v) is 8.56. The number of anilines is 1. The first-order chi connectivity index (χ1) is 11.6. The number of benzene rings is 1. The van der Waals surface area contributed by atoms with Crippen LogP contribution in [0, 0.1) is 6.92 Å². The maximum Gasteiger partial charge on any atom is 0.243 e. The van der Waals surface area contributed by atoms with Crippen molar-refractivity contribution in [3.8, 4) is 0 Å². The SMILES string of the molecule is Cc1cc(NC(=O)C(SCc2ccn(C)n2)c2ccccc2)no1. The average molecular weight is 342 g/mol. The van der Waals surface area contributed by atoms with E-state index in [1.165, 1.54) is 11.8 Å². The van der Waals surface area contributed by atoms with E-state index in [1.807, 2.05) is 49.6 Å². The topological polar surface area (TPSA) is 73.0 Å². The number of amides is 1. The molecule has 1 atom stereocenters. The smallest absolute Gasteiger partial charge is 0.243 e. The van der Waals surface area contributed by atoms with Crippen LogP contribution in [0.4, 0.5) is 5.82 Å². The summed E-state index contributed by atoms with van der Waals surface area (Å²) in [5.41, 5.74) is 1.88. The molecule has 1 aromatic carbocycles. The van der Waals surface area contributed by atoms with E-state index in [2.05, 4.69) is 15.6 Å². The first kappa shape index (κ1) is 16.3. The maximum atomic E-state index is 12.7. The fraction of sp³-hybridized carbons (Fsp3) is 0.235. The van der Waals surface area contributed by atoms with Gasteiger partial charge in [0, 0.05) is 25.1 Å². The molecule has 0 saturated heterocycles. The summed E-state index contributed by atoms with van der Waals surface area (Å²) in [6.45, 7) is 1.78. The van der Waals surface area contributed by atoms with E-state index in [1.54, 1.807) is 17.7 Å². The Labute approximate surface area is 144 Å². The van der Waals surface area contributed by atoms with Crippen molar-refractivity contribution in [2.24, 2.45) is 7.05 Å². The second-order valence-electron chi connectivity index (χ2n) is 5.39. The summed E-state index contributed by atoms with van der Waals surface area (Å²) in [7, 11) is 1.88. The van der Waals surface area contributed by atoms with Crippen molar-refractivity contribution < 1.29 is 9.32 Å². The van der Waals surface area contributed by atoms with Crippen molar-refractivity contribution in [2.45, 2.75) is 17.9 Å². The molecule has 0 aliphatic heterocycles. The number of hydrogen-bond donors (Lipinski definition) is 1. The minimum atomic E-state index is -0.356. The third-order valence-corrected chi connectivity index (χ3v) is 4.67. The fourth-order valence-electron chi connectivity index (χ4n) is 2.28. The van der Waals surface area contributed by atoms with Crippen molar-refractivity contribution in [2.75, 3.05) is 5.32 Å². The van der Waals surface area contributed by atoms with Gasteiger partial charge in [0.15, 0.2) is 5.82 Å². The molecule has 0 bridgehead atoms. The molecule has 0 saturated carbocycles. The number of nitrogens with one attached hydrogen (secondary N) is 1. The van der Waals surface area contributed by atoms with Crippen LogP contribution in [0.2, 0.25) is 0 Å². The van der Waals surface area contributed by atoms with E-state index < -0.39 is 0 Å². The van der Waals surface area contributed by atoms with E-state index in [4.69, 9.17) is 4.52 Å². The molecule has 0 spiro atoms. The molecule has 0 aliphatic rings. The third kappa shape index (κ3) is 4.05. The molecular formula is C17H18N4O2S. The number of carbonyl (C=O) groups is 1. The summed E-state index contributed by atoms with van der Waals surface area (Å²) in [6, 6.07) is 13.3. The summed E-state index contributed by atoms with van der Waals surface area (Å²) < 4.78 is 6.75. The molecule has 2 aromatic heterocycles. The molecule has 0 fully saturated rings. The monoisotopic (exact) mass is 342 g/mol. The minimum Gasteiger partial charge on any atom is -0.360 e. The lowest BCUT2D eigenvalue weighted by molar-refractivity contribution is -0.115. The van der Waals surface area contributed by atoms with E-state index in [9.17, 15) is 4.79 Å². The first-order valence-electron chi connectivity index (χ1n) is 7.51. The van der Waals surface area contributed by atoms with Crippen LogP contribution in [0.25, 0.3) is 0 Å². The lowest BCUT2D eigenvalue weighted by atomic mass is 10.1. The van der Waals surface area contributed by atoms with Gasteiger partial charge in [-0.2, -0.15) is 5.10 Å². The van der Waals surface area contributed by atoms with Crippen LogP contribution in [0.3, 0.4) is 0 Å². The van der Waals surface area contributed by atoms with Gasteiger partial charge in [-0.3, -0.25) is 9.48 Å². The Kier molecular flexibility index (Phi) is 5.00. The number of aromatic nitrogens is 3. The van der Waals surface area contributed by atoms with Gasteiger partial charge < -0.3 is 9.84 Å². The third-order valence-electron chi connectivity index (χ3n) is 3.39. The van der Waals surface area contributed by atoms with Gasteiger partial charge in [0.05, 0.1) is 5.69 Å². The van der Waals surface area contributed by atoms with Gasteiger partial charge >= 0.3 is 0 Å². The molecule has 24 heavy (non-hydrogen) atoms. The highest BCUT2D eigenvalue weighted by Crippen LogP contribution is 2.32. The summed E-state index contributed by atoms with van der Waals surface area (Å²) in [5.74, 6) is 1.60. The zero-order valence-electron chi connectivity index (χ0n) is 13.5.